The van der Waals surface area contributed by atoms with Crippen molar-refractivity contribution in [2.24, 2.45) is 9.98 Å². The smallest absolute Gasteiger partial charge is 0.385 e. The van der Waals surface area contributed by atoms with E-state index in [1.165, 1.54) is 26.2 Å². The number of rotatable bonds is 12. The van der Waals surface area contributed by atoms with Crippen molar-refractivity contribution in [3.05, 3.63) is 52.8 Å². The number of hydrogen-bond donors (Lipinski definition) is 2. The zero-order valence-electron chi connectivity index (χ0n) is 20.1. The normalized spacial score (nSPS) is 15.8. The van der Waals surface area contributed by atoms with Crippen molar-refractivity contribution < 1.29 is 31.1 Å². The van der Waals surface area contributed by atoms with Gasteiger partial charge in [-0.3, -0.25) is 14.5 Å². The third-order valence-corrected chi connectivity index (χ3v) is 8.09. The van der Waals surface area contributed by atoms with E-state index < -0.39 is 39.0 Å². The average Bonchev–Trinajstić information content (AvgIpc) is 3.60. The molecule has 0 aliphatic heterocycles. The molecule has 9 nitrogen and oxygen atoms in total. The number of amides is 1. The van der Waals surface area contributed by atoms with E-state index in [9.17, 15) is 26.4 Å². The van der Waals surface area contributed by atoms with Crippen LogP contribution in [0.25, 0.3) is 0 Å². The summed E-state index contributed by atoms with van der Waals surface area (Å²) in [5, 5.41) is 4.17. The lowest BCUT2D eigenvalue weighted by atomic mass is 10.0. The number of thiazole rings is 1. The first-order valence-electron chi connectivity index (χ1n) is 11.1. The van der Waals surface area contributed by atoms with Gasteiger partial charge in [-0.25, -0.2) is 18.4 Å². The van der Waals surface area contributed by atoms with Crippen LogP contribution in [0.5, 0.6) is 0 Å². The number of carbonyl (C=O) groups is 1. The molecule has 1 unspecified atom stereocenters. The third-order valence-electron chi connectivity index (χ3n) is 5.36. The van der Waals surface area contributed by atoms with Gasteiger partial charge in [0, 0.05) is 30.5 Å². The van der Waals surface area contributed by atoms with E-state index in [2.05, 4.69) is 31.7 Å². The molecule has 0 radical (unpaired) electrons. The van der Waals surface area contributed by atoms with Gasteiger partial charge in [-0.2, -0.15) is 13.2 Å². The van der Waals surface area contributed by atoms with Crippen LogP contribution < -0.4 is 10.0 Å². The quantitative estimate of drug-likeness (QED) is 0.366. The van der Waals surface area contributed by atoms with Crippen LogP contribution >= 0.6 is 11.3 Å². The maximum atomic E-state index is 13.1. The standard InChI is InChI=1S/C23H26F3N5O4S2/c1-14(28-20(12-27-2)23(24,25)26)15-4-6-16(7-5-15)29-21(32)18(10-11-35-3)19-13-36-22(30-19)31-37(33,34)17-8-9-17/h4-7,12-13,17-18H,2,8-11H2,1,3H3,(H,29,32)(H,30,31)/b20-12-,28-14?. The third kappa shape index (κ3) is 7.94. The van der Waals surface area contributed by atoms with Gasteiger partial charge in [-0.05, 0) is 50.6 Å². The highest BCUT2D eigenvalue weighted by Crippen LogP contribution is 2.32. The summed E-state index contributed by atoms with van der Waals surface area (Å²) in [4.78, 5) is 24.1. The zero-order valence-corrected chi connectivity index (χ0v) is 21.7. The highest BCUT2D eigenvalue weighted by molar-refractivity contribution is 7.93. The lowest BCUT2D eigenvalue weighted by Crippen LogP contribution is -2.23. The Morgan fingerprint density at radius 3 is 2.57 bits per heavy atom. The number of alkyl halides is 3. The minimum Gasteiger partial charge on any atom is -0.385 e. The van der Waals surface area contributed by atoms with Crippen LogP contribution in [0.3, 0.4) is 0 Å². The molecule has 200 valence electrons. The first kappa shape index (κ1) is 28.5. The summed E-state index contributed by atoms with van der Waals surface area (Å²) in [6.07, 6.45) is -2.61. The molecular formula is C23H26F3N5O4S2. The largest absolute Gasteiger partial charge is 0.434 e. The Morgan fingerprint density at radius 2 is 2.00 bits per heavy atom. The van der Waals surface area contributed by atoms with Crippen molar-refractivity contribution in [1.29, 1.82) is 0 Å². The lowest BCUT2D eigenvalue weighted by Gasteiger charge is -2.15. The van der Waals surface area contributed by atoms with Gasteiger partial charge in [-0.1, -0.05) is 12.1 Å². The molecule has 1 amide bonds. The highest BCUT2D eigenvalue weighted by atomic mass is 32.2. The minimum absolute atomic E-state index is 0.103. The molecule has 1 aromatic carbocycles. The lowest BCUT2D eigenvalue weighted by molar-refractivity contribution is -0.118. The molecule has 1 aliphatic carbocycles. The van der Waals surface area contributed by atoms with Crippen molar-refractivity contribution >= 4 is 50.5 Å². The number of ether oxygens (including phenoxy) is 1. The number of sulfonamides is 1. The summed E-state index contributed by atoms with van der Waals surface area (Å²) < 4.78 is 71.1. The summed E-state index contributed by atoms with van der Waals surface area (Å²) in [7, 11) is -1.98. The molecule has 0 saturated heterocycles. The Hall–Kier alpha value is -3.10. The van der Waals surface area contributed by atoms with Crippen LogP contribution in [0.2, 0.25) is 0 Å². The number of allylic oxidation sites excluding steroid dienone is 1. The summed E-state index contributed by atoms with van der Waals surface area (Å²) in [6, 6.07) is 6.14. The summed E-state index contributed by atoms with van der Waals surface area (Å²) >= 11 is 1.09. The van der Waals surface area contributed by atoms with E-state index in [0.717, 1.165) is 11.3 Å². The highest BCUT2D eigenvalue weighted by Gasteiger charge is 2.36. The van der Waals surface area contributed by atoms with Crippen molar-refractivity contribution in [3.63, 3.8) is 0 Å². The fraction of sp³-hybridized carbons (Fsp3) is 0.391. The maximum Gasteiger partial charge on any atom is 0.434 e. The second kappa shape index (κ2) is 12.0. The molecule has 37 heavy (non-hydrogen) atoms. The molecule has 1 atom stereocenters. The molecule has 1 aromatic heterocycles. The molecule has 1 fully saturated rings. The van der Waals surface area contributed by atoms with Crippen molar-refractivity contribution in [2.75, 3.05) is 23.8 Å². The monoisotopic (exact) mass is 557 g/mol. The van der Waals surface area contributed by atoms with Crippen LogP contribution in [-0.2, 0) is 19.6 Å². The van der Waals surface area contributed by atoms with Gasteiger partial charge in [-0.15, -0.1) is 11.3 Å². The van der Waals surface area contributed by atoms with E-state index >= 15 is 0 Å². The second-order valence-electron chi connectivity index (χ2n) is 8.22. The minimum atomic E-state index is -4.68. The van der Waals surface area contributed by atoms with Crippen LogP contribution in [0.15, 0.2) is 51.5 Å². The molecule has 0 bridgehead atoms. The fourth-order valence-corrected chi connectivity index (χ4v) is 5.61. The van der Waals surface area contributed by atoms with E-state index in [1.807, 2.05) is 0 Å². The number of hydrogen-bond acceptors (Lipinski definition) is 8. The Morgan fingerprint density at radius 1 is 1.32 bits per heavy atom. The predicted octanol–water partition coefficient (Wildman–Crippen LogP) is 4.72. The van der Waals surface area contributed by atoms with Gasteiger partial charge in [0.05, 0.1) is 23.1 Å². The fourth-order valence-electron chi connectivity index (χ4n) is 3.25. The van der Waals surface area contributed by atoms with Crippen molar-refractivity contribution in [2.45, 2.75) is 43.5 Å². The van der Waals surface area contributed by atoms with Crippen molar-refractivity contribution in [3.8, 4) is 0 Å². The summed E-state index contributed by atoms with van der Waals surface area (Å²) in [5.41, 5.74) is 0.149. The van der Waals surface area contributed by atoms with Crippen LogP contribution in [0, 0.1) is 0 Å². The van der Waals surface area contributed by atoms with E-state index in [0.29, 0.717) is 42.4 Å². The molecular weight excluding hydrogens is 531 g/mol. The van der Waals surface area contributed by atoms with E-state index in [1.54, 1.807) is 17.5 Å². The Kier molecular flexibility index (Phi) is 9.21. The van der Waals surface area contributed by atoms with Gasteiger partial charge >= 0.3 is 6.18 Å². The summed E-state index contributed by atoms with van der Waals surface area (Å²) in [6.45, 7) is 4.73. The number of carbonyl (C=O) groups excluding carboxylic acids is 1. The molecule has 0 spiro atoms. The van der Waals surface area contributed by atoms with Gasteiger partial charge in [0.15, 0.2) is 10.8 Å². The van der Waals surface area contributed by atoms with Gasteiger partial charge in [0.2, 0.25) is 15.9 Å². The molecule has 1 saturated carbocycles. The first-order chi connectivity index (χ1) is 17.4. The SMILES string of the molecule is C=N/C=C(\N=C(C)c1ccc(NC(=O)C(CCOC)c2csc(NS(=O)(=O)C3CC3)n2)cc1)C(F)(F)F. The number of halogens is 3. The zero-order chi connectivity index (χ0) is 27.2. The average molecular weight is 558 g/mol. The van der Waals surface area contributed by atoms with Crippen LogP contribution in [0.1, 0.15) is 43.4 Å². The number of anilines is 2. The van der Waals surface area contributed by atoms with Crippen LogP contribution in [0.4, 0.5) is 24.0 Å². The number of aliphatic imine (C=N–C) groups is 2. The molecule has 3 rings (SSSR count). The van der Waals surface area contributed by atoms with E-state index in [4.69, 9.17) is 4.74 Å². The molecule has 1 aliphatic rings. The molecule has 2 aromatic rings. The number of nitrogens with zero attached hydrogens (tertiary/aromatic N) is 3. The number of benzene rings is 1. The van der Waals surface area contributed by atoms with Gasteiger partial charge in [0.25, 0.3) is 0 Å². The van der Waals surface area contributed by atoms with Gasteiger partial charge in [0.1, 0.15) is 0 Å². The number of nitrogens with one attached hydrogen (secondary N) is 2. The molecule has 1 heterocycles. The first-order valence-corrected chi connectivity index (χ1v) is 13.5. The summed E-state index contributed by atoms with van der Waals surface area (Å²) in [5.74, 6) is -1.11. The van der Waals surface area contributed by atoms with E-state index in [-0.39, 0.29) is 17.5 Å². The maximum absolute atomic E-state index is 13.1. The topological polar surface area (TPSA) is 122 Å². The Balaban J connectivity index is 1.73. The van der Waals surface area contributed by atoms with Crippen LogP contribution in [-0.4, -0.2) is 56.9 Å². The van der Waals surface area contributed by atoms with Gasteiger partial charge < -0.3 is 10.1 Å². The molecule has 2 N–H and O–H groups in total. The Labute approximate surface area is 216 Å². The Bertz CT molecular complexity index is 1280. The van der Waals surface area contributed by atoms with Crippen molar-refractivity contribution in [1.82, 2.24) is 4.98 Å². The number of aromatic nitrogens is 1. The molecule has 14 heteroatoms. The number of methoxy groups -OCH3 is 1. The second-order valence-corrected chi connectivity index (χ2v) is 11.0. The predicted molar refractivity (Wildman–Crippen MR) is 138 cm³/mol.